The minimum absolute atomic E-state index is 0.228. The van der Waals surface area contributed by atoms with E-state index in [-0.39, 0.29) is 17.8 Å². The van der Waals surface area contributed by atoms with Crippen LogP contribution in [0.2, 0.25) is 0 Å². The lowest BCUT2D eigenvalue weighted by Gasteiger charge is -2.37. The lowest BCUT2D eigenvalue weighted by molar-refractivity contribution is -0.143. The Morgan fingerprint density at radius 1 is 1.36 bits per heavy atom. The van der Waals surface area contributed by atoms with E-state index in [1.807, 2.05) is 12.1 Å². The first kappa shape index (κ1) is 17.4. The zero-order valence-corrected chi connectivity index (χ0v) is 14.1. The number of piperidine rings is 1. The maximum atomic E-state index is 13.9. The fourth-order valence-electron chi connectivity index (χ4n) is 3.45. The van der Waals surface area contributed by atoms with Gasteiger partial charge in [-0.15, -0.1) is 0 Å². The molecule has 2 heterocycles. The first-order valence-electron chi connectivity index (χ1n) is 8.30. The average molecular weight is 344 g/mol. The molecule has 1 fully saturated rings. The van der Waals surface area contributed by atoms with Crippen LogP contribution in [0, 0.1) is 11.7 Å². The van der Waals surface area contributed by atoms with Crippen LogP contribution in [0.3, 0.4) is 0 Å². The van der Waals surface area contributed by atoms with E-state index in [0.29, 0.717) is 31.7 Å². The SMILES string of the molecule is COc1ccc(F)cc1C(c1cccnc1)N1CCC(C(=O)O)CC1. The molecule has 0 amide bonds. The Kier molecular flexibility index (Phi) is 5.28. The van der Waals surface area contributed by atoms with E-state index in [2.05, 4.69) is 9.88 Å². The van der Waals surface area contributed by atoms with Gasteiger partial charge in [-0.2, -0.15) is 0 Å². The van der Waals surface area contributed by atoms with Gasteiger partial charge in [-0.25, -0.2) is 4.39 Å². The highest BCUT2D eigenvalue weighted by Gasteiger charge is 2.31. The van der Waals surface area contributed by atoms with E-state index in [0.717, 1.165) is 11.1 Å². The van der Waals surface area contributed by atoms with Gasteiger partial charge >= 0.3 is 5.97 Å². The Bertz CT molecular complexity index is 731. The molecule has 0 radical (unpaired) electrons. The third-order valence-corrected chi connectivity index (χ3v) is 4.73. The molecule has 1 unspecified atom stereocenters. The van der Waals surface area contributed by atoms with Crippen LogP contribution in [-0.4, -0.2) is 41.2 Å². The number of methoxy groups -OCH3 is 1. The van der Waals surface area contributed by atoms with Gasteiger partial charge in [-0.1, -0.05) is 6.07 Å². The van der Waals surface area contributed by atoms with Crippen LogP contribution in [0.1, 0.15) is 30.0 Å². The predicted octanol–water partition coefficient (Wildman–Crippen LogP) is 3.12. The van der Waals surface area contributed by atoms with Crippen LogP contribution < -0.4 is 4.74 Å². The van der Waals surface area contributed by atoms with Crippen molar-refractivity contribution in [2.45, 2.75) is 18.9 Å². The molecule has 1 atom stereocenters. The standard InChI is InChI=1S/C19H21FN2O3/c1-25-17-5-4-15(20)11-16(17)18(14-3-2-8-21-12-14)22-9-6-13(7-10-22)19(23)24/h2-5,8,11-13,18H,6-7,9-10H2,1H3,(H,23,24). The van der Waals surface area contributed by atoms with Gasteiger partial charge in [0.15, 0.2) is 0 Å². The number of carbonyl (C=O) groups is 1. The number of aromatic nitrogens is 1. The number of benzene rings is 1. The highest BCUT2D eigenvalue weighted by atomic mass is 19.1. The summed E-state index contributed by atoms with van der Waals surface area (Å²) in [6, 6.07) is 8.05. The number of nitrogens with zero attached hydrogens (tertiary/aromatic N) is 2. The molecule has 0 spiro atoms. The molecule has 1 aliphatic rings. The summed E-state index contributed by atoms with van der Waals surface area (Å²) in [5, 5.41) is 9.22. The maximum absolute atomic E-state index is 13.9. The number of hydrogen-bond donors (Lipinski definition) is 1. The summed E-state index contributed by atoms with van der Waals surface area (Å²) in [6.45, 7) is 1.24. The minimum atomic E-state index is -0.749. The predicted molar refractivity (Wildman–Crippen MR) is 91.0 cm³/mol. The topological polar surface area (TPSA) is 62.7 Å². The number of ether oxygens (including phenoxy) is 1. The second-order valence-electron chi connectivity index (χ2n) is 6.22. The Hall–Kier alpha value is -2.47. The maximum Gasteiger partial charge on any atom is 0.306 e. The van der Waals surface area contributed by atoms with E-state index in [1.54, 1.807) is 25.6 Å². The number of likely N-dealkylation sites (tertiary alicyclic amines) is 1. The van der Waals surface area contributed by atoms with Crippen molar-refractivity contribution in [1.29, 1.82) is 0 Å². The van der Waals surface area contributed by atoms with Crippen LogP contribution in [0.15, 0.2) is 42.7 Å². The van der Waals surface area contributed by atoms with Crippen molar-refractivity contribution < 1.29 is 19.0 Å². The molecule has 6 heteroatoms. The normalized spacial score (nSPS) is 17.2. The molecule has 0 bridgehead atoms. The molecule has 1 saturated heterocycles. The van der Waals surface area contributed by atoms with Crippen molar-refractivity contribution >= 4 is 5.97 Å². The van der Waals surface area contributed by atoms with E-state index < -0.39 is 5.97 Å². The van der Waals surface area contributed by atoms with Gasteiger partial charge in [0.1, 0.15) is 11.6 Å². The molecular weight excluding hydrogens is 323 g/mol. The quantitative estimate of drug-likeness (QED) is 0.903. The molecule has 1 aliphatic heterocycles. The van der Waals surface area contributed by atoms with Crippen LogP contribution in [0.25, 0.3) is 0 Å². The number of rotatable bonds is 5. The van der Waals surface area contributed by atoms with Crippen molar-refractivity contribution in [3.8, 4) is 5.75 Å². The second-order valence-corrected chi connectivity index (χ2v) is 6.22. The Morgan fingerprint density at radius 3 is 2.72 bits per heavy atom. The molecule has 1 aromatic carbocycles. The molecule has 1 N–H and O–H groups in total. The highest BCUT2D eigenvalue weighted by molar-refractivity contribution is 5.70. The largest absolute Gasteiger partial charge is 0.496 e. The van der Waals surface area contributed by atoms with Crippen LogP contribution in [-0.2, 0) is 4.79 Å². The molecule has 0 saturated carbocycles. The lowest BCUT2D eigenvalue weighted by Crippen LogP contribution is -2.39. The molecule has 0 aliphatic carbocycles. The van der Waals surface area contributed by atoms with Crippen molar-refractivity contribution in [2.75, 3.05) is 20.2 Å². The highest BCUT2D eigenvalue weighted by Crippen LogP contribution is 2.37. The summed E-state index contributed by atoms with van der Waals surface area (Å²) in [5.41, 5.74) is 1.66. The van der Waals surface area contributed by atoms with Gasteiger partial charge in [-0.3, -0.25) is 14.7 Å². The van der Waals surface area contributed by atoms with Crippen molar-refractivity contribution in [2.24, 2.45) is 5.92 Å². The van der Waals surface area contributed by atoms with Gasteiger partial charge in [-0.05, 0) is 55.8 Å². The summed E-state index contributed by atoms with van der Waals surface area (Å²) in [7, 11) is 1.56. The Balaban J connectivity index is 1.98. The van der Waals surface area contributed by atoms with Crippen molar-refractivity contribution in [3.63, 3.8) is 0 Å². The summed E-state index contributed by atoms with van der Waals surface area (Å²) in [5.74, 6) is -0.790. The van der Waals surface area contributed by atoms with E-state index >= 15 is 0 Å². The molecule has 25 heavy (non-hydrogen) atoms. The number of hydrogen-bond acceptors (Lipinski definition) is 4. The van der Waals surface area contributed by atoms with E-state index in [1.165, 1.54) is 12.1 Å². The van der Waals surface area contributed by atoms with E-state index in [9.17, 15) is 14.3 Å². The molecule has 132 valence electrons. The average Bonchev–Trinajstić information content (AvgIpc) is 2.63. The van der Waals surface area contributed by atoms with Crippen LogP contribution in [0.5, 0.6) is 5.75 Å². The summed E-state index contributed by atoms with van der Waals surface area (Å²) in [6.07, 6.45) is 4.60. The first-order chi connectivity index (χ1) is 12.1. The number of carboxylic acid groups (broad SMARTS) is 1. The molecule has 3 rings (SSSR count). The summed E-state index contributed by atoms with van der Waals surface area (Å²) >= 11 is 0. The lowest BCUT2D eigenvalue weighted by atomic mass is 9.91. The molecule has 2 aromatic rings. The smallest absolute Gasteiger partial charge is 0.306 e. The second kappa shape index (κ2) is 7.61. The van der Waals surface area contributed by atoms with Gasteiger partial charge in [0, 0.05) is 18.0 Å². The molecular formula is C19H21FN2O3. The zero-order valence-electron chi connectivity index (χ0n) is 14.1. The third kappa shape index (κ3) is 3.79. The monoisotopic (exact) mass is 344 g/mol. The van der Waals surface area contributed by atoms with Crippen LogP contribution >= 0.6 is 0 Å². The van der Waals surface area contributed by atoms with Gasteiger partial charge in [0.05, 0.1) is 19.1 Å². The Morgan fingerprint density at radius 2 is 2.12 bits per heavy atom. The fraction of sp³-hybridized carbons (Fsp3) is 0.368. The summed E-state index contributed by atoms with van der Waals surface area (Å²) < 4.78 is 19.4. The molecule has 5 nitrogen and oxygen atoms in total. The van der Waals surface area contributed by atoms with Crippen LogP contribution in [0.4, 0.5) is 4.39 Å². The Labute approximate surface area is 146 Å². The van der Waals surface area contributed by atoms with Gasteiger partial charge < -0.3 is 9.84 Å². The number of pyridine rings is 1. The molecule has 1 aromatic heterocycles. The van der Waals surface area contributed by atoms with E-state index in [4.69, 9.17) is 4.74 Å². The number of carboxylic acids is 1. The number of halogens is 1. The van der Waals surface area contributed by atoms with Gasteiger partial charge in [0.25, 0.3) is 0 Å². The summed E-state index contributed by atoms with van der Waals surface area (Å²) in [4.78, 5) is 17.6. The van der Waals surface area contributed by atoms with Crippen molar-refractivity contribution in [1.82, 2.24) is 9.88 Å². The first-order valence-corrected chi connectivity index (χ1v) is 8.30. The fourth-order valence-corrected chi connectivity index (χ4v) is 3.45. The van der Waals surface area contributed by atoms with Crippen molar-refractivity contribution in [3.05, 3.63) is 59.7 Å². The van der Waals surface area contributed by atoms with Gasteiger partial charge in [0.2, 0.25) is 0 Å². The minimum Gasteiger partial charge on any atom is -0.496 e. The zero-order chi connectivity index (χ0) is 17.8. The number of aliphatic carboxylic acids is 1. The third-order valence-electron chi connectivity index (χ3n) is 4.73.